The molecule has 0 amide bonds. The first-order valence-electron chi connectivity index (χ1n) is 4.14. The maximum atomic E-state index is 12.5. The van der Waals surface area contributed by atoms with Crippen molar-refractivity contribution in [2.24, 2.45) is 0 Å². The molecule has 14 heavy (non-hydrogen) atoms. The van der Waals surface area contributed by atoms with Gasteiger partial charge in [-0.2, -0.15) is 8.78 Å². The smallest absolute Gasteiger partial charge is 0.292 e. The molecule has 0 aromatic heterocycles. The van der Waals surface area contributed by atoms with Crippen LogP contribution in [-0.4, -0.2) is 9.71 Å². The molecule has 0 saturated carbocycles. The van der Waals surface area contributed by atoms with E-state index in [2.05, 4.69) is 0 Å². The average molecular weight is 310 g/mol. The van der Waals surface area contributed by atoms with E-state index >= 15 is 0 Å². The molecule has 0 atom stereocenters. The van der Waals surface area contributed by atoms with Gasteiger partial charge in [-0.1, -0.05) is 30.3 Å². The molecule has 4 heteroatoms. The molecule has 0 bridgehead atoms. The van der Waals surface area contributed by atoms with Gasteiger partial charge in [0.05, 0.1) is 0 Å². The van der Waals surface area contributed by atoms with Gasteiger partial charge in [0.25, 0.3) is 0 Å². The lowest BCUT2D eigenvalue weighted by Gasteiger charge is -2.06. The first-order chi connectivity index (χ1) is 6.50. The van der Waals surface area contributed by atoms with E-state index in [1.165, 1.54) is 0 Å². The zero-order chi connectivity index (χ0) is 10.6. The van der Waals surface area contributed by atoms with Crippen molar-refractivity contribution in [3.8, 4) is 0 Å². The fourth-order valence-electron chi connectivity index (χ4n) is 1.04. The molecule has 0 aliphatic heterocycles. The molecule has 1 aromatic carbocycles. The van der Waals surface area contributed by atoms with Crippen molar-refractivity contribution in [3.63, 3.8) is 0 Å². The third-order valence-corrected chi connectivity index (χ3v) is 2.40. The summed E-state index contributed by atoms with van der Waals surface area (Å²) < 4.78 is 21.7. The fraction of sp³-hybridized carbons (Fsp3) is 0.300. The van der Waals surface area contributed by atoms with Crippen LogP contribution in [0.3, 0.4) is 0 Å². The number of ketones is 1. The SMILES string of the molecule is O=C(CCc1ccccc1)C(F)(F)I. The van der Waals surface area contributed by atoms with E-state index in [1.54, 1.807) is 0 Å². The molecule has 1 nitrogen and oxygen atoms in total. The number of carbonyl (C=O) groups excluding carboxylic acids is 1. The third kappa shape index (κ3) is 3.69. The van der Waals surface area contributed by atoms with Gasteiger partial charge in [-0.3, -0.25) is 4.79 Å². The Morgan fingerprint density at radius 1 is 1.29 bits per heavy atom. The van der Waals surface area contributed by atoms with Crippen LogP contribution in [0.25, 0.3) is 0 Å². The number of hydrogen-bond acceptors (Lipinski definition) is 1. The highest BCUT2D eigenvalue weighted by molar-refractivity contribution is 14.1. The minimum absolute atomic E-state index is 0.111. The van der Waals surface area contributed by atoms with E-state index in [9.17, 15) is 13.6 Å². The van der Waals surface area contributed by atoms with Crippen molar-refractivity contribution < 1.29 is 13.6 Å². The Labute approximate surface area is 94.6 Å². The van der Waals surface area contributed by atoms with Gasteiger partial charge in [-0.25, -0.2) is 0 Å². The van der Waals surface area contributed by atoms with E-state index in [1.807, 2.05) is 30.3 Å². The quantitative estimate of drug-likeness (QED) is 0.616. The van der Waals surface area contributed by atoms with E-state index in [0.717, 1.165) is 28.2 Å². The molecule has 76 valence electrons. The number of aryl methyl sites for hydroxylation is 1. The summed E-state index contributed by atoms with van der Waals surface area (Å²) in [5.41, 5.74) is 0.904. The van der Waals surface area contributed by atoms with Gasteiger partial charge in [-0.05, 0) is 12.0 Å². The Morgan fingerprint density at radius 2 is 1.86 bits per heavy atom. The summed E-state index contributed by atoms with van der Waals surface area (Å²) in [6, 6.07) is 9.12. The summed E-state index contributed by atoms with van der Waals surface area (Å²) in [6.45, 7) is 0. The lowest BCUT2D eigenvalue weighted by molar-refractivity contribution is -0.130. The highest BCUT2D eigenvalue weighted by Crippen LogP contribution is 2.25. The normalized spacial score (nSPS) is 11.4. The van der Waals surface area contributed by atoms with Gasteiger partial charge in [0.2, 0.25) is 5.78 Å². The van der Waals surface area contributed by atoms with Crippen LogP contribution in [-0.2, 0) is 11.2 Å². The Morgan fingerprint density at radius 3 is 2.36 bits per heavy atom. The van der Waals surface area contributed by atoms with Crippen molar-refractivity contribution >= 4 is 28.4 Å². The van der Waals surface area contributed by atoms with E-state index in [0.29, 0.717) is 6.42 Å². The molecule has 0 aliphatic carbocycles. The van der Waals surface area contributed by atoms with Gasteiger partial charge < -0.3 is 0 Å². The summed E-state index contributed by atoms with van der Waals surface area (Å²) >= 11 is 0.862. The molecule has 0 saturated heterocycles. The highest BCUT2D eigenvalue weighted by atomic mass is 127. The molecular formula is C10H9F2IO. The second kappa shape index (κ2) is 4.82. The lowest BCUT2D eigenvalue weighted by atomic mass is 10.1. The molecule has 0 aliphatic rings. The Hall–Kier alpha value is -0.520. The van der Waals surface area contributed by atoms with Crippen LogP contribution < -0.4 is 0 Å². The molecule has 1 aromatic rings. The first-order valence-corrected chi connectivity index (χ1v) is 5.22. The van der Waals surface area contributed by atoms with Gasteiger partial charge in [0.1, 0.15) is 0 Å². The Bertz CT molecular complexity index is 306. The zero-order valence-electron chi connectivity index (χ0n) is 7.34. The number of Topliss-reactive ketones (excluding diaryl/α,β-unsaturated/α-hetero) is 1. The van der Waals surface area contributed by atoms with Gasteiger partial charge in [0, 0.05) is 29.0 Å². The molecule has 0 fully saturated rings. The number of carbonyl (C=O) groups is 1. The number of alkyl halides is 3. The lowest BCUT2D eigenvalue weighted by Crippen LogP contribution is -2.20. The molecule has 0 unspecified atom stereocenters. The van der Waals surface area contributed by atoms with Crippen LogP contribution in [0.5, 0.6) is 0 Å². The minimum atomic E-state index is -3.23. The van der Waals surface area contributed by atoms with Crippen LogP contribution in [0.1, 0.15) is 12.0 Å². The molecular weight excluding hydrogens is 301 g/mol. The van der Waals surface area contributed by atoms with E-state index in [-0.39, 0.29) is 6.42 Å². The summed E-state index contributed by atoms with van der Waals surface area (Å²) in [5, 5.41) is 0. The van der Waals surface area contributed by atoms with Crippen LogP contribution in [0, 0.1) is 0 Å². The van der Waals surface area contributed by atoms with E-state index in [4.69, 9.17) is 0 Å². The third-order valence-electron chi connectivity index (χ3n) is 1.80. The fourth-order valence-corrected chi connectivity index (χ4v) is 1.31. The number of halogens is 3. The second-order valence-corrected chi connectivity index (χ2v) is 4.26. The molecule has 0 N–H and O–H groups in total. The zero-order valence-corrected chi connectivity index (χ0v) is 9.50. The largest absolute Gasteiger partial charge is 0.353 e. The van der Waals surface area contributed by atoms with Gasteiger partial charge in [0.15, 0.2) is 0 Å². The summed E-state index contributed by atoms with van der Waals surface area (Å²) in [4.78, 5) is 10.9. The Balaban J connectivity index is 2.46. The summed E-state index contributed by atoms with van der Waals surface area (Å²) in [7, 11) is 0. The maximum absolute atomic E-state index is 12.5. The number of hydrogen-bond donors (Lipinski definition) is 0. The Kier molecular flexibility index (Phi) is 3.97. The molecule has 0 spiro atoms. The number of benzene rings is 1. The van der Waals surface area contributed by atoms with Crippen molar-refractivity contribution in [3.05, 3.63) is 35.9 Å². The first kappa shape index (κ1) is 11.6. The van der Waals surface area contributed by atoms with Gasteiger partial charge >= 0.3 is 3.93 Å². The topological polar surface area (TPSA) is 17.1 Å². The molecule has 0 heterocycles. The van der Waals surface area contributed by atoms with E-state index < -0.39 is 9.71 Å². The van der Waals surface area contributed by atoms with Crippen molar-refractivity contribution in [1.29, 1.82) is 0 Å². The second-order valence-electron chi connectivity index (χ2n) is 2.91. The predicted octanol–water partition coefficient (Wildman–Crippen LogP) is 3.22. The van der Waals surface area contributed by atoms with Crippen LogP contribution in [0.4, 0.5) is 8.78 Å². The average Bonchev–Trinajstić information content (AvgIpc) is 2.14. The summed E-state index contributed by atoms with van der Waals surface area (Å²) in [6.07, 6.45) is 0.262. The standard InChI is InChI=1S/C10H9F2IO/c11-10(12,13)9(14)7-6-8-4-2-1-3-5-8/h1-5H,6-7H2. The van der Waals surface area contributed by atoms with Crippen LogP contribution >= 0.6 is 22.6 Å². The molecule has 0 radical (unpaired) electrons. The predicted molar refractivity (Wildman–Crippen MR) is 58.7 cm³/mol. The van der Waals surface area contributed by atoms with Crippen LogP contribution in [0.15, 0.2) is 30.3 Å². The van der Waals surface area contributed by atoms with Crippen molar-refractivity contribution in [2.45, 2.75) is 16.8 Å². The van der Waals surface area contributed by atoms with Crippen molar-refractivity contribution in [1.82, 2.24) is 0 Å². The van der Waals surface area contributed by atoms with Crippen molar-refractivity contribution in [2.75, 3.05) is 0 Å². The highest BCUT2D eigenvalue weighted by Gasteiger charge is 2.33. The number of rotatable bonds is 4. The van der Waals surface area contributed by atoms with Crippen LogP contribution in [0.2, 0.25) is 0 Å². The minimum Gasteiger partial charge on any atom is -0.292 e. The van der Waals surface area contributed by atoms with Gasteiger partial charge in [-0.15, -0.1) is 0 Å². The summed E-state index contributed by atoms with van der Waals surface area (Å²) in [5.74, 6) is -1.01. The maximum Gasteiger partial charge on any atom is 0.353 e. The monoisotopic (exact) mass is 310 g/mol. The molecule has 1 rings (SSSR count).